The Morgan fingerprint density at radius 1 is 0.289 bits per heavy atom. The molecule has 0 fully saturated rings. The maximum Gasteiger partial charge on any atom is 0.0630 e. The Morgan fingerprint density at radius 2 is 0.733 bits per heavy atom. The van der Waals surface area contributed by atoms with E-state index >= 15 is 0 Å². The van der Waals surface area contributed by atoms with E-state index in [-0.39, 0.29) is 12.0 Å². The molecule has 2 aliphatic rings. The zero-order valence-electron chi connectivity index (χ0n) is 49.4. The highest BCUT2D eigenvalue weighted by molar-refractivity contribution is 6.13. The van der Waals surface area contributed by atoms with Crippen LogP contribution in [0.5, 0.6) is 0 Å². The molecule has 14 aromatic carbocycles. The van der Waals surface area contributed by atoms with Crippen molar-refractivity contribution in [2.45, 2.75) is 12.0 Å². The van der Waals surface area contributed by atoms with E-state index in [2.05, 4.69) is 371 Å². The Labute approximate surface area is 524 Å². The number of fused-ring (bicyclic) bond motifs is 8. The van der Waals surface area contributed by atoms with Gasteiger partial charge in [0.2, 0.25) is 0 Å². The molecule has 0 N–H and O–H groups in total. The molecule has 4 heteroatoms. The van der Waals surface area contributed by atoms with E-state index in [9.17, 15) is 0 Å². The molecule has 0 spiro atoms. The number of para-hydroxylation sites is 2. The summed E-state index contributed by atoms with van der Waals surface area (Å²) >= 11 is 0. The first-order chi connectivity index (χ1) is 44.6. The summed E-state index contributed by atoms with van der Waals surface area (Å²) in [6.07, 6.45) is 7.32. The molecule has 0 bridgehead atoms. The summed E-state index contributed by atoms with van der Waals surface area (Å²) in [6, 6.07) is 122. The summed E-state index contributed by atoms with van der Waals surface area (Å²) in [6.45, 7) is 0. The average Bonchev–Trinajstić information content (AvgIpc) is 2.38. The fourth-order valence-electron chi connectivity index (χ4n) is 14.3. The molecule has 2 unspecified atom stereocenters. The third kappa shape index (κ3) is 9.24. The van der Waals surface area contributed by atoms with E-state index in [1.54, 1.807) is 0 Å². The maximum absolute atomic E-state index is 2.55. The first kappa shape index (κ1) is 52.6. The number of allylic oxidation sites excluding steroid dienone is 2. The zero-order chi connectivity index (χ0) is 59.5. The highest BCUT2D eigenvalue weighted by Crippen LogP contribution is 2.53. The van der Waals surface area contributed by atoms with Crippen LogP contribution in [0, 0.1) is 0 Å². The summed E-state index contributed by atoms with van der Waals surface area (Å²) in [7, 11) is 0. The number of hydrogen-bond donors (Lipinski definition) is 0. The third-order valence-electron chi connectivity index (χ3n) is 18.5. The SMILES string of the molecule is C1=CC2C(C=C1c1cccc3ccccc13)c1cc(N(c3ccccc3)c3cccc(N(c4ccccc4)c4ccc5c(c4)c4cc(-c6cccc7ccccc67)ccc4n5-c4ccc(-c5ccccc5)cc4)c3)ccc1N2c1ccc(-c2ccccc2)cc1. The van der Waals surface area contributed by atoms with Crippen LogP contribution in [0.25, 0.3) is 88.0 Å². The Bertz CT molecular complexity index is 5230. The Morgan fingerprint density at radius 3 is 1.36 bits per heavy atom. The zero-order valence-corrected chi connectivity index (χ0v) is 49.4. The van der Waals surface area contributed by atoms with Crippen LogP contribution >= 0.6 is 0 Å². The lowest BCUT2D eigenvalue weighted by Crippen LogP contribution is -2.28. The molecule has 2 atom stereocenters. The standard InChI is InChI=1S/C86H60N4/c1-5-20-59(21-6-1)61-38-44-69(45-39-61)89-83-50-42-65(77-36-17-26-63-24-13-15-34-75(63)77)54-79(83)81-57-73(48-52-85(81)89)87(67-28-9-3-10-29-67)71-32-19-33-72(56-71)88(68-30-11-4-12-31-68)74-49-53-86-82(58-74)80-55-66(78-37-18-27-64-25-14-16-35-76(64)78)43-51-84(80)90(86)70-46-40-62(41-47-70)60-22-7-2-8-23-60/h1-58,79,83H. The van der Waals surface area contributed by atoms with Crippen LogP contribution in [0.2, 0.25) is 0 Å². The van der Waals surface area contributed by atoms with E-state index < -0.39 is 0 Å². The van der Waals surface area contributed by atoms with Crippen LogP contribution in [0.3, 0.4) is 0 Å². The molecular weight excluding hydrogens is 1090 g/mol. The summed E-state index contributed by atoms with van der Waals surface area (Å²) in [4.78, 5) is 7.40. The number of rotatable bonds is 12. The minimum atomic E-state index is 0.0702. The lowest BCUT2D eigenvalue weighted by atomic mass is 9.85. The smallest absolute Gasteiger partial charge is 0.0630 e. The quantitative estimate of drug-likeness (QED) is 0.121. The number of anilines is 8. The molecule has 4 nitrogen and oxygen atoms in total. The van der Waals surface area contributed by atoms with Crippen LogP contribution in [-0.4, -0.2) is 10.6 Å². The molecule has 1 aromatic heterocycles. The van der Waals surface area contributed by atoms with Crippen molar-refractivity contribution in [1.29, 1.82) is 0 Å². The topological polar surface area (TPSA) is 14.7 Å². The van der Waals surface area contributed by atoms with Crippen LogP contribution in [0.15, 0.2) is 352 Å². The van der Waals surface area contributed by atoms with E-state index in [4.69, 9.17) is 0 Å². The molecule has 1 aliphatic carbocycles. The Balaban J connectivity index is 0.806. The van der Waals surface area contributed by atoms with Gasteiger partial charge in [-0.1, -0.05) is 237 Å². The second kappa shape index (κ2) is 22.2. The van der Waals surface area contributed by atoms with Crippen molar-refractivity contribution >= 4 is 94.4 Å². The summed E-state index contributed by atoms with van der Waals surface area (Å²) in [5, 5.41) is 7.34. The van der Waals surface area contributed by atoms with Gasteiger partial charge in [0, 0.05) is 67.9 Å². The molecule has 0 radical (unpaired) electrons. The fraction of sp³-hybridized carbons (Fsp3) is 0.0233. The molecule has 0 amide bonds. The van der Waals surface area contributed by atoms with Crippen molar-refractivity contribution in [3.05, 3.63) is 363 Å². The van der Waals surface area contributed by atoms with Crippen molar-refractivity contribution in [1.82, 2.24) is 4.57 Å². The van der Waals surface area contributed by atoms with Gasteiger partial charge in [0.1, 0.15) is 0 Å². The Hall–Kier alpha value is -11.7. The lowest BCUT2D eigenvalue weighted by Gasteiger charge is -2.30. The molecule has 2 heterocycles. The number of aromatic nitrogens is 1. The summed E-state index contributed by atoms with van der Waals surface area (Å²) in [5.74, 6) is 0.0721. The van der Waals surface area contributed by atoms with Crippen molar-refractivity contribution in [2.24, 2.45) is 0 Å². The number of benzene rings is 14. The number of hydrogen-bond acceptors (Lipinski definition) is 3. The fourth-order valence-corrected chi connectivity index (χ4v) is 14.3. The summed E-state index contributed by atoms with van der Waals surface area (Å²) < 4.78 is 2.44. The highest BCUT2D eigenvalue weighted by Gasteiger charge is 2.39. The van der Waals surface area contributed by atoms with Gasteiger partial charge in [0.15, 0.2) is 0 Å². The normalized spacial score (nSPS) is 14.2. The number of nitrogens with zero attached hydrogens (tertiary/aromatic N) is 4. The second-order valence-electron chi connectivity index (χ2n) is 23.6. The average molecular weight is 1150 g/mol. The van der Waals surface area contributed by atoms with Crippen LogP contribution in [0.4, 0.5) is 45.5 Å². The van der Waals surface area contributed by atoms with E-state index in [0.29, 0.717) is 0 Å². The molecule has 424 valence electrons. The van der Waals surface area contributed by atoms with Gasteiger partial charge in [0.05, 0.1) is 17.1 Å². The van der Waals surface area contributed by atoms with Gasteiger partial charge < -0.3 is 19.3 Å². The van der Waals surface area contributed by atoms with Gasteiger partial charge in [-0.15, -0.1) is 0 Å². The maximum atomic E-state index is 2.55. The van der Waals surface area contributed by atoms with Gasteiger partial charge in [0.25, 0.3) is 0 Å². The molecule has 15 aromatic rings. The summed E-state index contributed by atoms with van der Waals surface area (Å²) in [5.41, 5.74) is 23.2. The molecule has 0 saturated heterocycles. The largest absolute Gasteiger partial charge is 0.333 e. The highest BCUT2D eigenvalue weighted by atomic mass is 15.2. The molecule has 90 heavy (non-hydrogen) atoms. The molecule has 17 rings (SSSR count). The van der Waals surface area contributed by atoms with Crippen molar-refractivity contribution in [3.8, 4) is 39.1 Å². The first-order valence-corrected chi connectivity index (χ1v) is 31.1. The van der Waals surface area contributed by atoms with Crippen LogP contribution in [0.1, 0.15) is 17.0 Å². The molecule has 1 aliphatic heterocycles. The van der Waals surface area contributed by atoms with Crippen molar-refractivity contribution in [2.75, 3.05) is 14.7 Å². The van der Waals surface area contributed by atoms with Crippen molar-refractivity contribution in [3.63, 3.8) is 0 Å². The van der Waals surface area contributed by atoms with E-state index in [1.165, 1.54) is 93.8 Å². The van der Waals surface area contributed by atoms with Gasteiger partial charge in [-0.25, -0.2) is 0 Å². The van der Waals surface area contributed by atoms with Gasteiger partial charge in [-0.2, -0.15) is 0 Å². The van der Waals surface area contributed by atoms with Gasteiger partial charge in [-0.05, 0) is 187 Å². The van der Waals surface area contributed by atoms with E-state index in [1.807, 2.05) is 0 Å². The van der Waals surface area contributed by atoms with Crippen LogP contribution in [-0.2, 0) is 0 Å². The van der Waals surface area contributed by atoms with E-state index in [0.717, 1.165) is 50.8 Å². The Kier molecular flexibility index (Phi) is 13.0. The minimum Gasteiger partial charge on any atom is -0.333 e. The van der Waals surface area contributed by atoms with Crippen LogP contribution < -0.4 is 14.7 Å². The van der Waals surface area contributed by atoms with Gasteiger partial charge in [-0.3, -0.25) is 0 Å². The third-order valence-corrected chi connectivity index (χ3v) is 18.5. The van der Waals surface area contributed by atoms with Gasteiger partial charge >= 0.3 is 0 Å². The molecule has 0 saturated carbocycles. The first-order valence-electron chi connectivity index (χ1n) is 31.1. The lowest BCUT2D eigenvalue weighted by molar-refractivity contribution is 0.747. The predicted molar refractivity (Wildman–Crippen MR) is 380 cm³/mol. The monoisotopic (exact) mass is 1150 g/mol. The predicted octanol–water partition coefficient (Wildman–Crippen LogP) is 23.3. The van der Waals surface area contributed by atoms with Crippen molar-refractivity contribution < 1.29 is 0 Å². The minimum absolute atomic E-state index is 0.0702. The molecular formula is C86H60N4. The second-order valence-corrected chi connectivity index (χ2v) is 23.6.